The first-order chi connectivity index (χ1) is 7.34. The Bertz CT molecular complexity index is 466. The number of nitrogen functional groups attached to an aromatic ring is 1. The Balaban J connectivity index is 3.49. The summed E-state index contributed by atoms with van der Waals surface area (Å²) in [5, 5.41) is 9.24. The van der Waals surface area contributed by atoms with Crippen LogP contribution in [0.1, 0.15) is 22.5 Å². The molecule has 0 saturated heterocycles. The van der Waals surface area contributed by atoms with Gasteiger partial charge < -0.3 is 5.73 Å². The molecule has 86 valence electrons. The summed E-state index contributed by atoms with van der Waals surface area (Å²) >= 11 is 5.01. The van der Waals surface area contributed by atoms with Gasteiger partial charge in [-0.3, -0.25) is 14.9 Å². The van der Waals surface area contributed by atoms with Crippen LogP contribution in [-0.2, 0) is 0 Å². The highest BCUT2D eigenvalue weighted by Crippen LogP contribution is 2.30. The maximum absolute atomic E-state index is 12.3. The molecule has 0 saturated carbocycles. The van der Waals surface area contributed by atoms with Crippen molar-refractivity contribution in [2.75, 3.05) is 5.73 Å². The van der Waals surface area contributed by atoms with Crippen molar-refractivity contribution in [1.29, 1.82) is 0 Å². The van der Waals surface area contributed by atoms with Crippen molar-refractivity contribution in [3.8, 4) is 0 Å². The van der Waals surface area contributed by atoms with Gasteiger partial charge in [0.1, 0.15) is 5.82 Å². The predicted molar refractivity (Wildman–Crippen MR) is 50.4 cm³/mol. The summed E-state index contributed by atoms with van der Waals surface area (Å²) in [7, 11) is 0. The van der Waals surface area contributed by atoms with E-state index < -0.39 is 39.4 Å². The van der Waals surface area contributed by atoms with Crippen LogP contribution in [0, 0.1) is 10.1 Å². The molecule has 0 aromatic carbocycles. The van der Waals surface area contributed by atoms with E-state index in [-0.39, 0.29) is 0 Å². The SMILES string of the molecule is Nc1nc(C(=O)Cl)c([N+](=O)[O-])cc1C(F)F. The van der Waals surface area contributed by atoms with Gasteiger partial charge in [0.25, 0.3) is 11.7 Å². The van der Waals surface area contributed by atoms with E-state index in [4.69, 9.17) is 17.3 Å². The number of pyridine rings is 1. The fourth-order valence-corrected chi connectivity index (χ4v) is 1.13. The minimum atomic E-state index is -3.02. The lowest BCUT2D eigenvalue weighted by Gasteiger charge is -2.05. The molecule has 0 aliphatic heterocycles. The van der Waals surface area contributed by atoms with Gasteiger partial charge in [-0.1, -0.05) is 0 Å². The van der Waals surface area contributed by atoms with Crippen molar-refractivity contribution in [2.45, 2.75) is 6.43 Å². The van der Waals surface area contributed by atoms with E-state index in [1.165, 1.54) is 0 Å². The molecule has 16 heavy (non-hydrogen) atoms. The number of nitrogens with two attached hydrogens (primary N) is 1. The monoisotopic (exact) mass is 251 g/mol. The molecule has 0 atom stereocenters. The lowest BCUT2D eigenvalue weighted by Crippen LogP contribution is -2.07. The largest absolute Gasteiger partial charge is 0.383 e. The first-order valence-corrected chi connectivity index (χ1v) is 4.15. The summed E-state index contributed by atoms with van der Waals surface area (Å²) in [6.45, 7) is 0. The number of aromatic nitrogens is 1. The zero-order chi connectivity index (χ0) is 12.5. The fraction of sp³-hybridized carbons (Fsp3) is 0.143. The van der Waals surface area contributed by atoms with Crippen LogP contribution in [0.2, 0.25) is 0 Å². The van der Waals surface area contributed by atoms with Crippen LogP contribution in [0.15, 0.2) is 6.07 Å². The van der Waals surface area contributed by atoms with Crippen molar-refractivity contribution in [2.24, 2.45) is 0 Å². The van der Waals surface area contributed by atoms with Gasteiger partial charge in [0.15, 0.2) is 0 Å². The topological polar surface area (TPSA) is 99.1 Å². The van der Waals surface area contributed by atoms with Crippen molar-refractivity contribution < 1.29 is 18.5 Å². The first kappa shape index (κ1) is 12.2. The Labute approximate surface area is 92.2 Å². The molecule has 2 N–H and O–H groups in total. The Morgan fingerprint density at radius 3 is 2.56 bits per heavy atom. The lowest BCUT2D eigenvalue weighted by atomic mass is 10.2. The molecule has 1 rings (SSSR count). The van der Waals surface area contributed by atoms with Crippen molar-refractivity contribution >= 4 is 28.3 Å². The average Bonchev–Trinajstić information content (AvgIpc) is 2.15. The molecule has 0 radical (unpaired) electrons. The van der Waals surface area contributed by atoms with Gasteiger partial charge in [0, 0.05) is 6.07 Å². The molecule has 1 heterocycles. The van der Waals surface area contributed by atoms with Gasteiger partial charge in [-0.2, -0.15) is 0 Å². The fourth-order valence-electron chi connectivity index (χ4n) is 0.990. The van der Waals surface area contributed by atoms with E-state index >= 15 is 0 Å². The number of hydrogen-bond donors (Lipinski definition) is 1. The number of hydrogen-bond acceptors (Lipinski definition) is 5. The minimum absolute atomic E-state index is 0.489. The van der Waals surface area contributed by atoms with Gasteiger partial charge in [0.2, 0.25) is 5.69 Å². The predicted octanol–water partition coefficient (Wildman–Crippen LogP) is 1.89. The maximum Gasteiger partial charge on any atom is 0.300 e. The molecule has 6 nitrogen and oxygen atoms in total. The second-order valence-corrected chi connectivity index (χ2v) is 3.01. The third kappa shape index (κ3) is 2.22. The van der Waals surface area contributed by atoms with E-state index in [9.17, 15) is 23.7 Å². The van der Waals surface area contributed by atoms with Crippen molar-refractivity contribution in [3.63, 3.8) is 0 Å². The van der Waals surface area contributed by atoms with Crippen LogP contribution in [0.5, 0.6) is 0 Å². The highest BCUT2D eigenvalue weighted by Gasteiger charge is 2.26. The zero-order valence-corrected chi connectivity index (χ0v) is 8.24. The Kier molecular flexibility index (Phi) is 3.33. The molecule has 0 spiro atoms. The second kappa shape index (κ2) is 4.35. The summed E-state index contributed by atoms with van der Waals surface area (Å²) < 4.78 is 24.7. The molecule has 1 aromatic heterocycles. The van der Waals surface area contributed by atoms with Crippen molar-refractivity contribution in [1.82, 2.24) is 4.98 Å². The quantitative estimate of drug-likeness (QED) is 0.502. The number of rotatable bonds is 3. The molecular weight excluding hydrogens is 248 g/mol. The molecule has 0 aliphatic carbocycles. The van der Waals surface area contributed by atoms with E-state index in [2.05, 4.69) is 4.98 Å². The zero-order valence-electron chi connectivity index (χ0n) is 7.49. The van der Waals surface area contributed by atoms with Crippen LogP contribution in [0.3, 0.4) is 0 Å². The van der Waals surface area contributed by atoms with Gasteiger partial charge in [0.05, 0.1) is 10.5 Å². The van der Waals surface area contributed by atoms with Crippen LogP contribution in [0.4, 0.5) is 20.3 Å². The van der Waals surface area contributed by atoms with Crippen LogP contribution in [0.25, 0.3) is 0 Å². The Morgan fingerprint density at radius 1 is 1.62 bits per heavy atom. The van der Waals surface area contributed by atoms with Crippen LogP contribution < -0.4 is 5.73 Å². The van der Waals surface area contributed by atoms with E-state index in [0.29, 0.717) is 6.07 Å². The highest BCUT2D eigenvalue weighted by atomic mass is 35.5. The van der Waals surface area contributed by atoms with E-state index in [0.717, 1.165) is 0 Å². The number of anilines is 1. The summed E-state index contributed by atoms with van der Waals surface area (Å²) in [4.78, 5) is 23.4. The Hall–Kier alpha value is -1.83. The lowest BCUT2D eigenvalue weighted by molar-refractivity contribution is -0.385. The molecule has 0 aliphatic rings. The summed E-state index contributed by atoms with van der Waals surface area (Å²) in [5.41, 5.74) is 2.64. The summed E-state index contributed by atoms with van der Waals surface area (Å²) in [6.07, 6.45) is -3.02. The number of alkyl halides is 2. The molecular formula is C7H4ClF2N3O3. The maximum atomic E-state index is 12.3. The number of nitro groups is 1. The third-order valence-corrected chi connectivity index (χ3v) is 1.86. The molecule has 0 unspecified atom stereocenters. The van der Waals surface area contributed by atoms with E-state index in [1.807, 2.05) is 0 Å². The summed E-state index contributed by atoms with van der Waals surface area (Å²) in [6, 6.07) is 0.489. The Morgan fingerprint density at radius 2 is 2.19 bits per heavy atom. The minimum Gasteiger partial charge on any atom is -0.383 e. The van der Waals surface area contributed by atoms with Gasteiger partial charge in [-0.25, -0.2) is 13.8 Å². The smallest absolute Gasteiger partial charge is 0.300 e. The molecule has 1 aromatic rings. The molecule has 9 heteroatoms. The molecule has 0 fully saturated rings. The van der Waals surface area contributed by atoms with Crippen LogP contribution >= 0.6 is 11.6 Å². The third-order valence-electron chi connectivity index (χ3n) is 1.68. The summed E-state index contributed by atoms with van der Waals surface area (Å²) in [5.74, 6) is -0.662. The molecule has 0 bridgehead atoms. The number of nitrogens with zero attached hydrogens (tertiary/aromatic N) is 2. The van der Waals surface area contributed by atoms with Gasteiger partial charge >= 0.3 is 5.69 Å². The highest BCUT2D eigenvalue weighted by molar-refractivity contribution is 6.67. The van der Waals surface area contributed by atoms with Gasteiger partial charge in [-0.05, 0) is 11.6 Å². The first-order valence-electron chi connectivity index (χ1n) is 3.77. The van der Waals surface area contributed by atoms with Crippen LogP contribution in [-0.4, -0.2) is 15.1 Å². The second-order valence-electron chi connectivity index (χ2n) is 2.66. The number of halogens is 3. The normalized spacial score (nSPS) is 10.5. The standard InChI is InChI=1S/C7H4ClF2N3O3/c8-5(14)4-3(13(15)16)1-2(6(9)10)7(11)12-4/h1,6H,(H2,11,12). The average molecular weight is 252 g/mol. The van der Waals surface area contributed by atoms with E-state index in [1.54, 1.807) is 0 Å². The number of carbonyl (C=O) groups excluding carboxylic acids is 1. The van der Waals surface area contributed by atoms with Gasteiger partial charge in [-0.15, -0.1) is 0 Å². The van der Waals surface area contributed by atoms with Crippen molar-refractivity contribution in [3.05, 3.63) is 27.4 Å². The number of carbonyl (C=O) groups is 1. The molecule has 0 amide bonds.